The Hall–Kier alpha value is -4.44. The molecule has 0 saturated carbocycles. The molecule has 2 aromatic carbocycles. The normalized spacial score (nSPS) is 12.1. The number of nitrogens with two attached hydrogens (primary N) is 2. The molecule has 2 aromatic heterocycles. The van der Waals surface area contributed by atoms with E-state index in [2.05, 4.69) is 9.47 Å². The Morgan fingerprint density at radius 3 is 1.38 bits per heavy atom. The van der Waals surface area contributed by atoms with E-state index in [9.17, 15) is 35.9 Å². The van der Waals surface area contributed by atoms with Crippen LogP contribution in [0.3, 0.4) is 0 Å². The molecule has 0 saturated heterocycles. The van der Waals surface area contributed by atoms with Gasteiger partial charge in [0, 0.05) is 23.2 Å². The monoisotopic (exact) mass is 574 g/mol. The van der Waals surface area contributed by atoms with Gasteiger partial charge in [-0.25, -0.2) is 9.59 Å². The van der Waals surface area contributed by atoms with E-state index in [1.54, 1.807) is 0 Å². The summed E-state index contributed by atoms with van der Waals surface area (Å²) in [5, 5.41) is 0.459. The number of fused-ring (bicyclic) bond motifs is 2. The Balaban J connectivity index is 1.58. The van der Waals surface area contributed by atoms with Crippen molar-refractivity contribution in [3.8, 4) is 11.5 Å². The van der Waals surface area contributed by atoms with Crippen LogP contribution in [-0.2, 0) is 22.4 Å². The quantitative estimate of drug-likeness (QED) is 0.243. The maximum absolute atomic E-state index is 12.6. The molecule has 4 N–H and O–H groups in total. The van der Waals surface area contributed by atoms with Crippen LogP contribution in [0.4, 0.5) is 26.3 Å². The van der Waals surface area contributed by atoms with E-state index in [0.717, 1.165) is 33.7 Å². The van der Waals surface area contributed by atoms with E-state index in [4.69, 9.17) is 21.1 Å². The highest BCUT2D eigenvalue weighted by molar-refractivity contribution is 6.30. The van der Waals surface area contributed by atoms with Crippen molar-refractivity contribution in [3.63, 3.8) is 0 Å². The van der Waals surface area contributed by atoms with Gasteiger partial charge in [0.25, 0.3) is 0 Å². The van der Waals surface area contributed by atoms with E-state index in [1.807, 2.05) is 0 Å². The molecule has 0 radical (unpaired) electrons. The Morgan fingerprint density at radius 2 is 1.05 bits per heavy atom. The van der Waals surface area contributed by atoms with Gasteiger partial charge in [0.05, 0.1) is 11.0 Å². The fourth-order valence-electron chi connectivity index (χ4n) is 4.00. The average Bonchev–Trinajstić information content (AvgIpc) is 3.34. The molecule has 0 unspecified atom stereocenters. The Morgan fingerprint density at radius 1 is 0.675 bits per heavy atom. The van der Waals surface area contributed by atoms with Crippen LogP contribution < -0.4 is 30.6 Å². The van der Waals surface area contributed by atoms with Crippen LogP contribution in [0.15, 0.2) is 48.8 Å². The van der Waals surface area contributed by atoms with Crippen LogP contribution in [0.1, 0.15) is 11.1 Å². The number of hydrogen-bond donors (Lipinski definition) is 2. The molecule has 0 amide bonds. The second kappa shape index (κ2) is 11.0. The summed E-state index contributed by atoms with van der Waals surface area (Å²) in [7, 11) is 0. The van der Waals surface area contributed by atoms with Crippen LogP contribution >= 0.6 is 0 Å². The Kier molecular flexibility index (Phi) is 7.84. The summed E-state index contributed by atoms with van der Waals surface area (Å²) in [6.45, 7) is 0.224. The lowest BCUT2D eigenvalue weighted by Crippen LogP contribution is -2.34. The summed E-state index contributed by atoms with van der Waals surface area (Å²) in [5.41, 5.74) is 12.2. The smallest absolute Gasteiger partial charge is 0.406 e. The van der Waals surface area contributed by atoms with E-state index >= 15 is 0 Å². The highest BCUT2D eigenvalue weighted by Crippen LogP contribution is 2.31. The highest BCUT2D eigenvalue weighted by Gasteiger charge is 2.32. The summed E-state index contributed by atoms with van der Waals surface area (Å²) >= 11 is 0. The SMILES string of the molecule is NCCc1cn(OC(=O)C(=O)On2cc(CCN)c3cc(OC(F)(F)F)ccc32)c2ccc(OC(F)(F)F)cc12. The van der Waals surface area contributed by atoms with Crippen molar-refractivity contribution in [3.05, 3.63) is 59.9 Å². The third kappa shape index (κ3) is 6.58. The van der Waals surface area contributed by atoms with Gasteiger partial charge in [0.2, 0.25) is 0 Å². The van der Waals surface area contributed by atoms with Crippen LogP contribution in [0.5, 0.6) is 11.5 Å². The third-order valence-corrected chi connectivity index (χ3v) is 5.47. The minimum Gasteiger partial charge on any atom is -0.406 e. The maximum Gasteiger partial charge on any atom is 0.573 e. The molecule has 10 nitrogen and oxygen atoms in total. The van der Waals surface area contributed by atoms with Crippen molar-refractivity contribution in [1.82, 2.24) is 9.46 Å². The summed E-state index contributed by atoms with van der Waals surface area (Å²) in [6, 6.07) is 6.53. The fraction of sp³-hybridized carbons (Fsp3) is 0.250. The summed E-state index contributed by atoms with van der Waals surface area (Å²) < 4.78 is 85.4. The molecular weight excluding hydrogens is 554 g/mol. The number of halogens is 6. The first-order chi connectivity index (χ1) is 18.8. The van der Waals surface area contributed by atoms with E-state index in [1.165, 1.54) is 24.5 Å². The number of carbonyl (C=O) groups is 2. The van der Waals surface area contributed by atoms with Crippen LogP contribution in [0.25, 0.3) is 21.8 Å². The lowest BCUT2D eigenvalue weighted by molar-refractivity contribution is -0.275. The Bertz CT molecular complexity index is 1440. The summed E-state index contributed by atoms with van der Waals surface area (Å²) in [4.78, 5) is 35.3. The molecule has 0 atom stereocenters. The molecule has 40 heavy (non-hydrogen) atoms. The predicted molar refractivity (Wildman–Crippen MR) is 126 cm³/mol. The van der Waals surface area contributed by atoms with Crippen molar-refractivity contribution in [2.75, 3.05) is 13.1 Å². The van der Waals surface area contributed by atoms with Crippen LogP contribution in [0.2, 0.25) is 0 Å². The maximum atomic E-state index is 12.6. The van der Waals surface area contributed by atoms with Gasteiger partial charge in [-0.1, -0.05) is 0 Å². The lowest BCUT2D eigenvalue weighted by atomic mass is 10.1. The number of rotatable bonds is 8. The van der Waals surface area contributed by atoms with E-state index in [-0.39, 0.29) is 47.7 Å². The number of benzene rings is 2. The molecule has 214 valence electrons. The van der Waals surface area contributed by atoms with Gasteiger partial charge in [-0.2, -0.15) is 9.46 Å². The van der Waals surface area contributed by atoms with Gasteiger partial charge in [0.15, 0.2) is 0 Å². The lowest BCUT2D eigenvalue weighted by Gasteiger charge is -2.10. The number of nitrogens with zero attached hydrogens (tertiary/aromatic N) is 2. The second-order valence-electron chi connectivity index (χ2n) is 8.25. The zero-order valence-electron chi connectivity index (χ0n) is 20.2. The van der Waals surface area contributed by atoms with Crippen molar-refractivity contribution < 1.29 is 55.1 Å². The van der Waals surface area contributed by atoms with Gasteiger partial charge >= 0.3 is 24.7 Å². The summed E-state index contributed by atoms with van der Waals surface area (Å²) in [5.74, 6) is -4.05. The van der Waals surface area contributed by atoms with Gasteiger partial charge in [-0.05, 0) is 73.5 Å². The molecule has 0 aliphatic carbocycles. The first-order valence-corrected chi connectivity index (χ1v) is 11.4. The number of carbonyl (C=O) groups excluding carboxylic acids is 2. The molecule has 0 aliphatic heterocycles. The van der Waals surface area contributed by atoms with Crippen molar-refractivity contribution in [2.24, 2.45) is 11.5 Å². The van der Waals surface area contributed by atoms with Crippen molar-refractivity contribution in [1.29, 1.82) is 0 Å². The molecule has 4 aromatic rings. The molecule has 0 aliphatic rings. The zero-order valence-corrected chi connectivity index (χ0v) is 20.2. The zero-order chi connectivity index (χ0) is 29.2. The standard InChI is InChI=1S/C24H20F6N4O6/c25-23(26,27)37-15-1-3-19-17(9-15)13(5-7-31)11-33(19)39-21(35)22(36)40-34-12-14(6-8-32)18-10-16(2-4-20(18)34)38-24(28,29)30/h1-4,9-12H,5-8,31-32H2. The molecule has 4 rings (SSSR count). The van der Waals surface area contributed by atoms with Crippen LogP contribution in [-0.4, -0.2) is 47.2 Å². The van der Waals surface area contributed by atoms with E-state index < -0.39 is 36.2 Å². The second-order valence-corrected chi connectivity index (χ2v) is 8.25. The molecule has 2 heterocycles. The third-order valence-electron chi connectivity index (χ3n) is 5.47. The van der Waals surface area contributed by atoms with Gasteiger partial charge in [-0.3, -0.25) is 0 Å². The van der Waals surface area contributed by atoms with E-state index in [0.29, 0.717) is 11.1 Å². The number of alkyl halides is 6. The van der Waals surface area contributed by atoms with Crippen LogP contribution in [0, 0.1) is 0 Å². The average molecular weight is 574 g/mol. The Labute approximate surface area is 220 Å². The summed E-state index contributed by atoms with van der Waals surface area (Å²) in [6.07, 6.45) is -6.93. The topological polar surface area (TPSA) is 133 Å². The molecular formula is C24H20F6N4O6. The number of hydrogen-bond acceptors (Lipinski definition) is 8. The first-order valence-electron chi connectivity index (χ1n) is 11.4. The van der Waals surface area contributed by atoms with Gasteiger partial charge < -0.3 is 30.6 Å². The minimum absolute atomic E-state index is 0.112. The first kappa shape index (κ1) is 28.6. The number of aromatic nitrogens is 2. The van der Waals surface area contributed by atoms with Gasteiger partial charge in [-0.15, -0.1) is 26.3 Å². The highest BCUT2D eigenvalue weighted by atomic mass is 19.4. The largest absolute Gasteiger partial charge is 0.573 e. The molecule has 0 fully saturated rings. The number of ether oxygens (including phenoxy) is 2. The minimum atomic E-state index is -4.93. The van der Waals surface area contributed by atoms with Gasteiger partial charge in [0.1, 0.15) is 11.5 Å². The van der Waals surface area contributed by atoms with Crippen molar-refractivity contribution in [2.45, 2.75) is 25.6 Å². The predicted octanol–water partition coefficient (Wildman–Crippen LogP) is 3.01. The molecule has 0 bridgehead atoms. The molecule has 16 heteroatoms. The molecule has 0 spiro atoms. The fourth-order valence-corrected chi connectivity index (χ4v) is 4.00. The van der Waals surface area contributed by atoms with Crippen molar-refractivity contribution >= 4 is 33.7 Å².